The molecule has 13 heavy (non-hydrogen) atoms. The highest BCUT2D eigenvalue weighted by atomic mass is 16.3. The van der Waals surface area contributed by atoms with E-state index in [0.717, 1.165) is 5.56 Å². The van der Waals surface area contributed by atoms with Crippen LogP contribution >= 0.6 is 0 Å². The Morgan fingerprint density at radius 2 is 1.69 bits per heavy atom. The van der Waals surface area contributed by atoms with Gasteiger partial charge in [-0.05, 0) is 38.1 Å². The Morgan fingerprint density at radius 3 is 2.15 bits per heavy atom. The summed E-state index contributed by atoms with van der Waals surface area (Å²) in [5.41, 5.74) is -0.197. The van der Waals surface area contributed by atoms with Crippen LogP contribution in [-0.4, -0.2) is 15.8 Å². The van der Waals surface area contributed by atoms with Gasteiger partial charge in [-0.2, -0.15) is 0 Å². The molecule has 1 aromatic carbocycles. The fourth-order valence-corrected chi connectivity index (χ4v) is 0.770. The van der Waals surface area contributed by atoms with Gasteiger partial charge < -0.3 is 10.2 Å². The Hall–Kier alpha value is -1.46. The zero-order valence-corrected chi connectivity index (χ0v) is 7.70. The molecule has 1 aromatic rings. The second-order valence-corrected chi connectivity index (χ2v) is 3.36. The molecule has 0 atom stereocenters. The Bertz CT molecular complexity index is 333. The average Bonchev–Trinajstić information content (AvgIpc) is 2.02. The summed E-state index contributed by atoms with van der Waals surface area (Å²) >= 11 is 0. The van der Waals surface area contributed by atoms with Crippen LogP contribution in [0, 0.1) is 11.8 Å². The molecule has 0 aliphatic rings. The van der Waals surface area contributed by atoms with Gasteiger partial charge in [0.1, 0.15) is 11.4 Å². The van der Waals surface area contributed by atoms with Gasteiger partial charge in [0.25, 0.3) is 0 Å². The van der Waals surface area contributed by atoms with Crippen LogP contribution in [0.4, 0.5) is 0 Å². The standard InChI is InChI=1S/C11H12O2/c1-11(2,13)8-7-9-3-5-10(12)6-4-9/h3-6,12-13H,1-2H3. The molecule has 2 heteroatoms. The summed E-state index contributed by atoms with van der Waals surface area (Å²) < 4.78 is 0. The third-order valence-corrected chi connectivity index (χ3v) is 1.38. The molecule has 0 spiro atoms. The Kier molecular flexibility index (Phi) is 2.60. The van der Waals surface area contributed by atoms with Gasteiger partial charge in [-0.3, -0.25) is 0 Å². The Balaban J connectivity index is 2.85. The summed E-state index contributed by atoms with van der Waals surface area (Å²) in [5.74, 6) is 5.70. The number of phenols is 1. The summed E-state index contributed by atoms with van der Waals surface area (Å²) in [7, 11) is 0. The zero-order chi connectivity index (χ0) is 9.90. The van der Waals surface area contributed by atoms with Crippen molar-refractivity contribution in [1.29, 1.82) is 0 Å². The average molecular weight is 176 g/mol. The molecule has 0 unspecified atom stereocenters. The second kappa shape index (κ2) is 3.51. The van der Waals surface area contributed by atoms with Gasteiger partial charge in [0.2, 0.25) is 0 Å². The maximum absolute atomic E-state index is 9.31. The van der Waals surface area contributed by atoms with E-state index in [2.05, 4.69) is 11.8 Å². The lowest BCUT2D eigenvalue weighted by Gasteiger charge is -2.05. The minimum atomic E-state index is -0.974. The topological polar surface area (TPSA) is 40.5 Å². The SMILES string of the molecule is CC(C)(O)C#Cc1ccc(O)cc1. The predicted molar refractivity (Wildman–Crippen MR) is 51.3 cm³/mol. The lowest BCUT2D eigenvalue weighted by Crippen LogP contribution is -2.14. The molecular formula is C11H12O2. The number of rotatable bonds is 0. The first-order valence-electron chi connectivity index (χ1n) is 4.02. The van der Waals surface area contributed by atoms with Crippen LogP contribution in [0.5, 0.6) is 5.75 Å². The minimum absolute atomic E-state index is 0.216. The first-order valence-corrected chi connectivity index (χ1v) is 4.02. The van der Waals surface area contributed by atoms with Gasteiger partial charge in [-0.1, -0.05) is 11.8 Å². The highest BCUT2D eigenvalue weighted by molar-refractivity contribution is 5.38. The van der Waals surface area contributed by atoms with Crippen LogP contribution < -0.4 is 0 Å². The van der Waals surface area contributed by atoms with Gasteiger partial charge in [-0.25, -0.2) is 0 Å². The number of aromatic hydroxyl groups is 1. The highest BCUT2D eigenvalue weighted by Crippen LogP contribution is 2.08. The van der Waals surface area contributed by atoms with Crippen molar-refractivity contribution in [3.63, 3.8) is 0 Å². The third kappa shape index (κ3) is 3.64. The molecule has 0 aliphatic heterocycles. The first kappa shape index (κ1) is 9.63. The molecule has 0 fully saturated rings. The molecule has 2 N–H and O–H groups in total. The number of hydrogen-bond acceptors (Lipinski definition) is 2. The number of aliphatic hydroxyl groups is 1. The van der Waals surface area contributed by atoms with E-state index in [4.69, 9.17) is 5.11 Å². The van der Waals surface area contributed by atoms with E-state index in [1.807, 2.05) is 0 Å². The van der Waals surface area contributed by atoms with Crippen molar-refractivity contribution in [2.45, 2.75) is 19.4 Å². The molecule has 0 heterocycles. The fraction of sp³-hybridized carbons (Fsp3) is 0.273. The van der Waals surface area contributed by atoms with E-state index in [0.29, 0.717) is 0 Å². The molecule has 0 saturated heterocycles. The summed E-state index contributed by atoms with van der Waals surface area (Å²) in [6.07, 6.45) is 0. The van der Waals surface area contributed by atoms with Crippen LogP contribution in [0.15, 0.2) is 24.3 Å². The van der Waals surface area contributed by atoms with E-state index in [-0.39, 0.29) is 5.75 Å². The Morgan fingerprint density at radius 1 is 1.15 bits per heavy atom. The van der Waals surface area contributed by atoms with Crippen molar-refractivity contribution >= 4 is 0 Å². The van der Waals surface area contributed by atoms with Crippen LogP contribution in [0.1, 0.15) is 19.4 Å². The monoisotopic (exact) mass is 176 g/mol. The van der Waals surface area contributed by atoms with Gasteiger partial charge in [0, 0.05) is 5.56 Å². The predicted octanol–water partition coefficient (Wildman–Crippen LogP) is 1.51. The second-order valence-electron chi connectivity index (χ2n) is 3.36. The Labute approximate surface area is 77.8 Å². The van der Waals surface area contributed by atoms with Gasteiger partial charge in [0.15, 0.2) is 0 Å². The van der Waals surface area contributed by atoms with Crippen molar-refractivity contribution in [3.8, 4) is 17.6 Å². The smallest absolute Gasteiger partial charge is 0.120 e. The molecule has 1 rings (SSSR count). The quantitative estimate of drug-likeness (QED) is 0.588. The number of benzene rings is 1. The summed E-state index contributed by atoms with van der Waals surface area (Å²) in [4.78, 5) is 0. The van der Waals surface area contributed by atoms with Crippen molar-refractivity contribution in [2.24, 2.45) is 0 Å². The van der Waals surface area contributed by atoms with Crippen molar-refractivity contribution < 1.29 is 10.2 Å². The molecule has 68 valence electrons. The summed E-state index contributed by atoms with van der Waals surface area (Å²) in [6, 6.07) is 6.53. The van der Waals surface area contributed by atoms with Crippen molar-refractivity contribution in [2.75, 3.05) is 0 Å². The molecule has 0 aromatic heterocycles. The number of hydrogen-bond donors (Lipinski definition) is 2. The van der Waals surface area contributed by atoms with E-state index >= 15 is 0 Å². The lowest BCUT2D eigenvalue weighted by molar-refractivity contribution is 0.143. The van der Waals surface area contributed by atoms with E-state index < -0.39 is 5.60 Å². The van der Waals surface area contributed by atoms with Crippen LogP contribution in [-0.2, 0) is 0 Å². The van der Waals surface area contributed by atoms with Crippen molar-refractivity contribution in [1.82, 2.24) is 0 Å². The molecule has 0 radical (unpaired) electrons. The summed E-state index contributed by atoms with van der Waals surface area (Å²) in [6.45, 7) is 3.25. The van der Waals surface area contributed by atoms with Crippen LogP contribution in [0.25, 0.3) is 0 Å². The lowest BCUT2D eigenvalue weighted by atomic mass is 10.1. The van der Waals surface area contributed by atoms with Gasteiger partial charge >= 0.3 is 0 Å². The largest absolute Gasteiger partial charge is 0.508 e. The maximum Gasteiger partial charge on any atom is 0.120 e. The van der Waals surface area contributed by atoms with E-state index in [1.54, 1.807) is 38.1 Å². The van der Waals surface area contributed by atoms with Gasteiger partial charge in [-0.15, -0.1) is 0 Å². The van der Waals surface area contributed by atoms with E-state index in [1.165, 1.54) is 0 Å². The van der Waals surface area contributed by atoms with Crippen LogP contribution in [0.2, 0.25) is 0 Å². The molecule has 2 nitrogen and oxygen atoms in total. The van der Waals surface area contributed by atoms with Crippen molar-refractivity contribution in [3.05, 3.63) is 29.8 Å². The first-order chi connectivity index (χ1) is 5.97. The fourth-order valence-electron chi connectivity index (χ4n) is 0.770. The van der Waals surface area contributed by atoms with Gasteiger partial charge in [0.05, 0.1) is 0 Å². The molecule has 0 bridgehead atoms. The molecule has 0 saturated carbocycles. The van der Waals surface area contributed by atoms with E-state index in [9.17, 15) is 5.11 Å². The maximum atomic E-state index is 9.31. The minimum Gasteiger partial charge on any atom is -0.508 e. The highest BCUT2D eigenvalue weighted by Gasteiger charge is 2.05. The molecule has 0 amide bonds. The van der Waals surface area contributed by atoms with Crippen LogP contribution in [0.3, 0.4) is 0 Å². The normalized spacial score (nSPS) is 10.4. The third-order valence-electron chi connectivity index (χ3n) is 1.38. The summed E-state index contributed by atoms with van der Waals surface area (Å²) in [5, 5.41) is 18.3. The molecule has 0 aliphatic carbocycles. The number of phenolic OH excluding ortho intramolecular Hbond substituents is 1. The molecular weight excluding hydrogens is 164 g/mol. The zero-order valence-electron chi connectivity index (χ0n) is 7.70.